The van der Waals surface area contributed by atoms with Crippen molar-refractivity contribution in [1.29, 1.82) is 0 Å². The number of rotatable bonds is 4. The van der Waals surface area contributed by atoms with Crippen LogP contribution in [0.5, 0.6) is 0 Å². The van der Waals surface area contributed by atoms with Crippen LogP contribution in [0.25, 0.3) is 11.5 Å². The number of benzene rings is 1. The van der Waals surface area contributed by atoms with Gasteiger partial charge in [-0.1, -0.05) is 12.1 Å². The molecule has 6 heteroatoms. The Bertz CT molecular complexity index is 807. The molecule has 22 heavy (non-hydrogen) atoms. The van der Waals surface area contributed by atoms with E-state index in [2.05, 4.69) is 26.3 Å². The number of nitrogens with one attached hydrogen (secondary N) is 1. The predicted molar refractivity (Wildman–Crippen MR) is 86.2 cm³/mol. The molecule has 0 saturated carbocycles. The number of nitrogens with zero attached hydrogens (tertiary/aromatic N) is 2. The molecule has 2 heterocycles. The molecule has 0 fully saturated rings. The molecule has 0 saturated heterocycles. The van der Waals surface area contributed by atoms with Gasteiger partial charge in [-0.2, -0.15) is 5.10 Å². The maximum absolute atomic E-state index is 12.1. The van der Waals surface area contributed by atoms with Crippen molar-refractivity contribution in [2.24, 2.45) is 7.05 Å². The van der Waals surface area contributed by atoms with E-state index in [0.29, 0.717) is 17.9 Å². The third kappa shape index (κ3) is 2.96. The number of hydrogen-bond donors (Lipinski definition) is 1. The first-order valence-electron chi connectivity index (χ1n) is 6.75. The Morgan fingerprint density at radius 3 is 2.82 bits per heavy atom. The van der Waals surface area contributed by atoms with E-state index >= 15 is 0 Å². The van der Waals surface area contributed by atoms with Gasteiger partial charge >= 0.3 is 0 Å². The molecule has 3 rings (SSSR count). The first kappa shape index (κ1) is 14.6. The van der Waals surface area contributed by atoms with E-state index in [4.69, 9.17) is 4.42 Å². The second-order valence-electron chi connectivity index (χ2n) is 4.77. The van der Waals surface area contributed by atoms with Crippen molar-refractivity contribution in [3.63, 3.8) is 0 Å². The molecule has 0 aliphatic carbocycles. The molecule has 0 spiro atoms. The zero-order chi connectivity index (χ0) is 15.5. The van der Waals surface area contributed by atoms with Crippen LogP contribution in [0.15, 0.2) is 57.6 Å². The Balaban J connectivity index is 1.68. The summed E-state index contributed by atoms with van der Waals surface area (Å²) in [6.07, 6.45) is 1.71. The fraction of sp³-hybridized carbons (Fsp3) is 0.125. The number of aryl methyl sites for hydroxylation is 1. The number of carbonyl (C=O) groups is 1. The number of carbonyl (C=O) groups excluding carboxylic acids is 1. The second kappa shape index (κ2) is 6.19. The highest BCUT2D eigenvalue weighted by atomic mass is 79.9. The van der Waals surface area contributed by atoms with Gasteiger partial charge in [0.05, 0.1) is 12.1 Å². The van der Waals surface area contributed by atoms with Gasteiger partial charge in [-0.15, -0.1) is 0 Å². The Kier molecular flexibility index (Phi) is 4.11. The van der Waals surface area contributed by atoms with Crippen LogP contribution in [0.2, 0.25) is 0 Å². The van der Waals surface area contributed by atoms with Crippen molar-refractivity contribution < 1.29 is 9.21 Å². The Morgan fingerprint density at radius 1 is 1.27 bits per heavy atom. The number of halogens is 1. The molecule has 1 N–H and O–H groups in total. The Hall–Kier alpha value is -2.34. The van der Waals surface area contributed by atoms with Crippen LogP contribution in [0.4, 0.5) is 0 Å². The van der Waals surface area contributed by atoms with Gasteiger partial charge in [-0.25, -0.2) is 0 Å². The minimum atomic E-state index is -0.147. The summed E-state index contributed by atoms with van der Waals surface area (Å²) in [6, 6.07) is 12.9. The molecular weight excluding hydrogens is 346 g/mol. The maximum atomic E-state index is 12.1. The van der Waals surface area contributed by atoms with E-state index in [0.717, 1.165) is 15.9 Å². The SMILES string of the molecule is Cn1nccc1-c1ccc(CNC(=O)c2ccccc2Br)o1. The number of amides is 1. The molecule has 2 aromatic heterocycles. The van der Waals surface area contributed by atoms with Gasteiger partial charge in [0.2, 0.25) is 0 Å². The monoisotopic (exact) mass is 359 g/mol. The summed E-state index contributed by atoms with van der Waals surface area (Å²) in [5.41, 5.74) is 1.49. The minimum Gasteiger partial charge on any atom is -0.458 e. The molecule has 0 aliphatic rings. The number of aromatic nitrogens is 2. The fourth-order valence-electron chi connectivity index (χ4n) is 2.13. The molecule has 0 bridgehead atoms. The van der Waals surface area contributed by atoms with Crippen molar-refractivity contribution in [2.45, 2.75) is 6.54 Å². The summed E-state index contributed by atoms with van der Waals surface area (Å²) in [4.78, 5) is 12.1. The summed E-state index contributed by atoms with van der Waals surface area (Å²) in [5, 5.41) is 6.95. The van der Waals surface area contributed by atoms with Crippen LogP contribution < -0.4 is 5.32 Å². The van der Waals surface area contributed by atoms with Crippen molar-refractivity contribution >= 4 is 21.8 Å². The summed E-state index contributed by atoms with van der Waals surface area (Å²) < 4.78 is 8.24. The van der Waals surface area contributed by atoms with Crippen molar-refractivity contribution in [3.8, 4) is 11.5 Å². The summed E-state index contributed by atoms with van der Waals surface area (Å²) in [7, 11) is 1.85. The molecule has 0 aliphatic heterocycles. The highest BCUT2D eigenvalue weighted by Crippen LogP contribution is 2.21. The molecule has 3 aromatic rings. The van der Waals surface area contributed by atoms with Gasteiger partial charge in [0.25, 0.3) is 5.91 Å². The zero-order valence-corrected chi connectivity index (χ0v) is 13.5. The third-order valence-electron chi connectivity index (χ3n) is 3.28. The first-order valence-corrected chi connectivity index (χ1v) is 7.54. The summed E-state index contributed by atoms with van der Waals surface area (Å²) in [6.45, 7) is 0.331. The lowest BCUT2D eigenvalue weighted by atomic mass is 10.2. The minimum absolute atomic E-state index is 0.147. The van der Waals surface area contributed by atoms with E-state index in [1.54, 1.807) is 16.9 Å². The molecule has 1 amide bonds. The molecule has 112 valence electrons. The number of furan rings is 1. The van der Waals surface area contributed by atoms with Gasteiger partial charge in [0, 0.05) is 17.7 Å². The second-order valence-corrected chi connectivity index (χ2v) is 5.62. The van der Waals surface area contributed by atoms with Gasteiger partial charge in [0.15, 0.2) is 5.76 Å². The Morgan fingerprint density at radius 2 is 2.09 bits per heavy atom. The van der Waals surface area contributed by atoms with Crippen LogP contribution in [0.1, 0.15) is 16.1 Å². The topological polar surface area (TPSA) is 60.1 Å². The van der Waals surface area contributed by atoms with E-state index in [1.165, 1.54) is 0 Å². The maximum Gasteiger partial charge on any atom is 0.252 e. The van der Waals surface area contributed by atoms with Gasteiger partial charge in [0.1, 0.15) is 11.5 Å². The smallest absolute Gasteiger partial charge is 0.252 e. The van der Waals surface area contributed by atoms with Crippen LogP contribution in [-0.2, 0) is 13.6 Å². The van der Waals surface area contributed by atoms with Crippen LogP contribution in [0.3, 0.4) is 0 Å². The van der Waals surface area contributed by atoms with Gasteiger partial charge < -0.3 is 9.73 Å². The third-order valence-corrected chi connectivity index (χ3v) is 3.97. The predicted octanol–water partition coefficient (Wildman–Crippen LogP) is 3.37. The van der Waals surface area contributed by atoms with E-state index in [-0.39, 0.29) is 5.91 Å². The van der Waals surface area contributed by atoms with E-state index in [9.17, 15) is 4.79 Å². The largest absolute Gasteiger partial charge is 0.458 e. The lowest BCUT2D eigenvalue weighted by Gasteiger charge is -2.05. The highest BCUT2D eigenvalue weighted by Gasteiger charge is 2.11. The highest BCUT2D eigenvalue weighted by molar-refractivity contribution is 9.10. The average molecular weight is 360 g/mol. The van der Waals surface area contributed by atoms with Crippen molar-refractivity contribution in [3.05, 3.63) is 64.5 Å². The fourth-order valence-corrected chi connectivity index (χ4v) is 2.60. The quantitative estimate of drug-likeness (QED) is 0.776. The zero-order valence-electron chi connectivity index (χ0n) is 11.9. The molecule has 0 atom stereocenters. The van der Waals surface area contributed by atoms with Crippen molar-refractivity contribution in [1.82, 2.24) is 15.1 Å². The molecule has 5 nitrogen and oxygen atoms in total. The molecule has 0 unspecified atom stereocenters. The van der Waals surface area contributed by atoms with Crippen LogP contribution in [-0.4, -0.2) is 15.7 Å². The molecule has 0 radical (unpaired) electrons. The lowest BCUT2D eigenvalue weighted by Crippen LogP contribution is -2.22. The van der Waals surface area contributed by atoms with E-state index < -0.39 is 0 Å². The number of hydrogen-bond acceptors (Lipinski definition) is 3. The van der Waals surface area contributed by atoms with Crippen LogP contribution in [0, 0.1) is 0 Å². The Labute approximate surface area is 136 Å². The van der Waals surface area contributed by atoms with E-state index in [1.807, 2.05) is 43.4 Å². The van der Waals surface area contributed by atoms with Gasteiger partial charge in [-0.05, 0) is 46.3 Å². The van der Waals surface area contributed by atoms with Crippen molar-refractivity contribution in [2.75, 3.05) is 0 Å². The average Bonchev–Trinajstić information content (AvgIpc) is 3.13. The molecule has 1 aromatic carbocycles. The van der Waals surface area contributed by atoms with Gasteiger partial charge in [-0.3, -0.25) is 9.48 Å². The summed E-state index contributed by atoms with van der Waals surface area (Å²) in [5.74, 6) is 1.27. The molecular formula is C16H14BrN3O2. The standard InChI is InChI=1S/C16H14BrN3O2/c1-20-14(8-9-19-20)15-7-6-11(22-15)10-18-16(21)12-4-2-3-5-13(12)17/h2-9H,10H2,1H3,(H,18,21). The normalized spacial score (nSPS) is 10.6. The first-order chi connectivity index (χ1) is 10.6. The summed E-state index contributed by atoms with van der Waals surface area (Å²) >= 11 is 3.37. The van der Waals surface area contributed by atoms with Crippen LogP contribution >= 0.6 is 15.9 Å². The lowest BCUT2D eigenvalue weighted by molar-refractivity contribution is 0.0947.